The number of nitro groups is 1. The Labute approximate surface area is 92.2 Å². The molecule has 0 amide bonds. The highest BCUT2D eigenvalue weighted by molar-refractivity contribution is 5.79. The lowest BCUT2D eigenvalue weighted by atomic mass is 10.3. The Kier molecular flexibility index (Phi) is 3.73. The lowest BCUT2D eigenvalue weighted by Gasteiger charge is -2.01. The maximum atomic E-state index is 11.3. The second kappa shape index (κ2) is 4.84. The van der Waals surface area contributed by atoms with Crippen molar-refractivity contribution < 1.29 is 14.5 Å². The van der Waals surface area contributed by atoms with E-state index >= 15 is 0 Å². The fraction of sp³-hybridized carbons (Fsp3) is 0.556. The van der Waals surface area contributed by atoms with E-state index in [1.165, 1.54) is 11.8 Å². The summed E-state index contributed by atoms with van der Waals surface area (Å²) in [7, 11) is 1.42. The number of hydrogen-bond donors (Lipinski definition) is 0. The van der Waals surface area contributed by atoms with Gasteiger partial charge in [0.25, 0.3) is 0 Å². The number of aryl methyl sites for hydroxylation is 1. The maximum absolute atomic E-state index is 11.3. The van der Waals surface area contributed by atoms with Gasteiger partial charge in [0.1, 0.15) is 24.5 Å². The first-order valence-electron chi connectivity index (χ1n) is 4.66. The predicted octanol–water partition coefficient (Wildman–Crippen LogP) is 0.624. The SMILES string of the molecule is COCC(=O)Cn1nc(C)c([N+](=O)[O-])c1C. The molecule has 7 heteroatoms. The number of nitrogens with zero attached hydrogens (tertiary/aromatic N) is 3. The zero-order valence-corrected chi connectivity index (χ0v) is 9.39. The molecule has 0 bridgehead atoms. The summed E-state index contributed by atoms with van der Waals surface area (Å²) in [6, 6.07) is 0. The van der Waals surface area contributed by atoms with Crippen LogP contribution in [-0.2, 0) is 16.1 Å². The molecule has 88 valence electrons. The third-order valence-electron chi connectivity index (χ3n) is 2.16. The van der Waals surface area contributed by atoms with Crippen molar-refractivity contribution in [1.82, 2.24) is 9.78 Å². The van der Waals surface area contributed by atoms with Crippen molar-refractivity contribution in [2.24, 2.45) is 0 Å². The van der Waals surface area contributed by atoms with Gasteiger partial charge in [-0.25, -0.2) is 0 Å². The van der Waals surface area contributed by atoms with Crippen LogP contribution in [0.3, 0.4) is 0 Å². The number of aromatic nitrogens is 2. The van der Waals surface area contributed by atoms with Crippen molar-refractivity contribution >= 4 is 11.5 Å². The first kappa shape index (κ1) is 12.3. The van der Waals surface area contributed by atoms with Crippen LogP contribution in [0.15, 0.2) is 0 Å². The molecule has 0 spiro atoms. The Hall–Kier alpha value is -1.76. The topological polar surface area (TPSA) is 87.3 Å². The third-order valence-corrected chi connectivity index (χ3v) is 2.16. The van der Waals surface area contributed by atoms with Crippen molar-refractivity contribution in [3.63, 3.8) is 0 Å². The molecule has 0 aromatic carbocycles. The number of carbonyl (C=O) groups excluding carboxylic acids is 1. The molecule has 1 rings (SSSR count). The number of carbonyl (C=O) groups is 1. The molecule has 0 saturated heterocycles. The Bertz CT molecular complexity index is 425. The van der Waals surface area contributed by atoms with Crippen LogP contribution in [0.2, 0.25) is 0 Å². The highest BCUT2D eigenvalue weighted by Crippen LogP contribution is 2.21. The Balaban J connectivity index is 2.95. The molecule has 7 nitrogen and oxygen atoms in total. The number of Topliss-reactive ketones (excluding diaryl/α,β-unsaturated/α-hetero) is 1. The molecule has 0 fully saturated rings. The summed E-state index contributed by atoms with van der Waals surface area (Å²) in [6.45, 7) is 3.08. The molecule has 1 aromatic rings. The molecule has 1 aromatic heterocycles. The zero-order valence-electron chi connectivity index (χ0n) is 9.39. The van der Waals surface area contributed by atoms with E-state index < -0.39 is 4.92 Å². The van der Waals surface area contributed by atoms with Gasteiger partial charge >= 0.3 is 5.69 Å². The number of methoxy groups -OCH3 is 1. The van der Waals surface area contributed by atoms with E-state index in [9.17, 15) is 14.9 Å². The van der Waals surface area contributed by atoms with Crippen LogP contribution in [-0.4, -0.2) is 34.2 Å². The minimum atomic E-state index is -0.491. The average Bonchev–Trinajstić information content (AvgIpc) is 2.42. The lowest BCUT2D eigenvalue weighted by molar-refractivity contribution is -0.386. The van der Waals surface area contributed by atoms with Crippen molar-refractivity contribution in [1.29, 1.82) is 0 Å². The van der Waals surface area contributed by atoms with Crippen LogP contribution in [0.25, 0.3) is 0 Å². The van der Waals surface area contributed by atoms with Crippen LogP contribution in [0, 0.1) is 24.0 Å². The summed E-state index contributed by atoms with van der Waals surface area (Å²) in [4.78, 5) is 21.5. The molecular weight excluding hydrogens is 214 g/mol. The van der Waals surface area contributed by atoms with E-state index in [1.54, 1.807) is 13.8 Å². The van der Waals surface area contributed by atoms with E-state index in [-0.39, 0.29) is 24.6 Å². The highest BCUT2D eigenvalue weighted by Gasteiger charge is 2.22. The van der Waals surface area contributed by atoms with E-state index in [0.29, 0.717) is 11.4 Å². The summed E-state index contributed by atoms with van der Waals surface area (Å²) >= 11 is 0. The fourth-order valence-electron chi connectivity index (χ4n) is 1.48. The normalized spacial score (nSPS) is 10.4. The smallest absolute Gasteiger partial charge is 0.312 e. The van der Waals surface area contributed by atoms with Gasteiger partial charge < -0.3 is 4.74 Å². The minimum absolute atomic E-state index is 0.00560. The minimum Gasteiger partial charge on any atom is -0.377 e. The van der Waals surface area contributed by atoms with Crippen LogP contribution in [0.4, 0.5) is 5.69 Å². The van der Waals surface area contributed by atoms with Crippen LogP contribution >= 0.6 is 0 Å². The molecule has 0 aliphatic carbocycles. The summed E-state index contributed by atoms with van der Waals surface area (Å²) in [5.74, 6) is -0.178. The monoisotopic (exact) mass is 227 g/mol. The van der Waals surface area contributed by atoms with Crippen molar-refractivity contribution in [3.8, 4) is 0 Å². The first-order chi connectivity index (χ1) is 7.47. The number of hydrogen-bond acceptors (Lipinski definition) is 5. The molecule has 0 unspecified atom stereocenters. The Morgan fingerprint density at radius 1 is 1.56 bits per heavy atom. The van der Waals surface area contributed by atoms with Gasteiger partial charge in [-0.1, -0.05) is 0 Å². The largest absolute Gasteiger partial charge is 0.377 e. The second-order valence-corrected chi connectivity index (χ2v) is 3.41. The summed E-state index contributed by atoms with van der Waals surface area (Å²) in [5.41, 5.74) is 0.657. The predicted molar refractivity (Wildman–Crippen MR) is 55.2 cm³/mol. The van der Waals surface area contributed by atoms with Gasteiger partial charge in [0, 0.05) is 7.11 Å². The van der Waals surface area contributed by atoms with Crippen molar-refractivity contribution in [2.45, 2.75) is 20.4 Å². The molecular formula is C9H13N3O4. The number of ketones is 1. The zero-order chi connectivity index (χ0) is 12.3. The fourth-order valence-corrected chi connectivity index (χ4v) is 1.48. The van der Waals surface area contributed by atoms with Crippen LogP contribution < -0.4 is 0 Å². The van der Waals surface area contributed by atoms with Gasteiger partial charge in [0.05, 0.1) is 4.92 Å². The van der Waals surface area contributed by atoms with E-state index in [0.717, 1.165) is 0 Å². The number of rotatable bonds is 5. The molecule has 1 heterocycles. The second-order valence-electron chi connectivity index (χ2n) is 3.41. The van der Waals surface area contributed by atoms with Gasteiger partial charge in [-0.3, -0.25) is 19.6 Å². The van der Waals surface area contributed by atoms with Gasteiger partial charge in [0.15, 0.2) is 5.78 Å². The third kappa shape index (κ3) is 2.43. The molecule has 16 heavy (non-hydrogen) atoms. The summed E-state index contributed by atoms with van der Waals surface area (Å²) < 4.78 is 6.00. The molecule has 0 atom stereocenters. The first-order valence-corrected chi connectivity index (χ1v) is 4.66. The van der Waals surface area contributed by atoms with Gasteiger partial charge in [0.2, 0.25) is 0 Å². The Morgan fingerprint density at radius 3 is 2.62 bits per heavy atom. The maximum Gasteiger partial charge on any atom is 0.312 e. The van der Waals surface area contributed by atoms with E-state index in [2.05, 4.69) is 9.84 Å². The molecule has 0 saturated carbocycles. The molecule has 0 aliphatic heterocycles. The van der Waals surface area contributed by atoms with E-state index in [1.807, 2.05) is 0 Å². The number of ether oxygens (including phenoxy) is 1. The van der Waals surface area contributed by atoms with Gasteiger partial charge in [-0.05, 0) is 13.8 Å². The summed E-state index contributed by atoms with van der Waals surface area (Å²) in [6.07, 6.45) is 0. The Morgan fingerprint density at radius 2 is 2.19 bits per heavy atom. The molecule has 0 N–H and O–H groups in total. The van der Waals surface area contributed by atoms with Gasteiger partial charge in [-0.2, -0.15) is 5.10 Å². The van der Waals surface area contributed by atoms with Crippen LogP contribution in [0.5, 0.6) is 0 Å². The van der Waals surface area contributed by atoms with Gasteiger partial charge in [-0.15, -0.1) is 0 Å². The van der Waals surface area contributed by atoms with Crippen molar-refractivity contribution in [3.05, 3.63) is 21.5 Å². The molecule has 0 aliphatic rings. The van der Waals surface area contributed by atoms with Crippen LogP contribution in [0.1, 0.15) is 11.4 Å². The quantitative estimate of drug-likeness (QED) is 0.543. The summed E-state index contributed by atoms with van der Waals surface area (Å²) in [5, 5.41) is 14.7. The van der Waals surface area contributed by atoms with E-state index in [4.69, 9.17) is 0 Å². The average molecular weight is 227 g/mol. The highest BCUT2D eigenvalue weighted by atomic mass is 16.6. The lowest BCUT2D eigenvalue weighted by Crippen LogP contribution is -2.17. The standard InChI is InChI=1S/C9H13N3O4/c1-6-9(12(14)15)7(2)11(10-6)4-8(13)5-16-3/h4-5H2,1-3H3. The molecule has 0 radical (unpaired) electrons. The van der Waals surface area contributed by atoms with Crippen molar-refractivity contribution in [2.75, 3.05) is 13.7 Å².